The van der Waals surface area contributed by atoms with Gasteiger partial charge in [-0.05, 0) is 13.8 Å². The third-order valence-corrected chi connectivity index (χ3v) is 2.55. The molecule has 2 rings (SSSR count). The minimum absolute atomic E-state index is 0.00824. The Hall–Kier alpha value is -0.650. The van der Waals surface area contributed by atoms with Gasteiger partial charge in [0, 0.05) is 11.6 Å². The van der Waals surface area contributed by atoms with Gasteiger partial charge in [0.05, 0.1) is 6.61 Å². The van der Waals surface area contributed by atoms with Crippen LogP contribution in [0.5, 0.6) is 5.19 Å². The van der Waals surface area contributed by atoms with Gasteiger partial charge in [0.15, 0.2) is 5.79 Å². The molecule has 1 aromatic rings. The van der Waals surface area contributed by atoms with Crippen LogP contribution in [0, 0.1) is 0 Å². The van der Waals surface area contributed by atoms with E-state index in [0.29, 0.717) is 18.4 Å². The van der Waals surface area contributed by atoms with Crippen molar-refractivity contribution in [3.8, 4) is 5.19 Å². The molecule has 0 aliphatic carbocycles. The summed E-state index contributed by atoms with van der Waals surface area (Å²) in [4.78, 5) is 4.01. The molecule has 0 spiro atoms. The van der Waals surface area contributed by atoms with Crippen LogP contribution >= 0.6 is 11.3 Å². The fraction of sp³-hybridized carbons (Fsp3) is 0.667. The lowest BCUT2D eigenvalue weighted by molar-refractivity contribution is -0.141. The molecule has 4 nitrogen and oxygen atoms in total. The van der Waals surface area contributed by atoms with E-state index >= 15 is 0 Å². The van der Waals surface area contributed by atoms with Gasteiger partial charge in [-0.25, -0.2) is 4.98 Å². The SMILES string of the molecule is CC1(C)OC[C@@H](COc2nccs2)O1. The normalized spacial score (nSPS) is 25.1. The van der Waals surface area contributed by atoms with E-state index in [1.54, 1.807) is 6.20 Å². The molecular formula is C9H13NO3S. The third-order valence-electron chi connectivity index (χ3n) is 1.87. The topological polar surface area (TPSA) is 40.6 Å². The van der Waals surface area contributed by atoms with Gasteiger partial charge in [-0.2, -0.15) is 0 Å². The molecule has 14 heavy (non-hydrogen) atoms. The van der Waals surface area contributed by atoms with Gasteiger partial charge in [-0.15, -0.1) is 0 Å². The maximum absolute atomic E-state index is 5.58. The predicted molar refractivity (Wildman–Crippen MR) is 52.5 cm³/mol. The van der Waals surface area contributed by atoms with E-state index in [-0.39, 0.29) is 6.10 Å². The number of rotatable bonds is 3. The summed E-state index contributed by atoms with van der Waals surface area (Å²) < 4.78 is 16.4. The zero-order chi connectivity index (χ0) is 10.0. The molecule has 5 heteroatoms. The number of hydrogen-bond donors (Lipinski definition) is 0. The molecule has 0 N–H and O–H groups in total. The average molecular weight is 215 g/mol. The highest BCUT2D eigenvalue weighted by Crippen LogP contribution is 2.23. The van der Waals surface area contributed by atoms with Crippen molar-refractivity contribution < 1.29 is 14.2 Å². The molecule has 1 aliphatic heterocycles. The molecule has 1 saturated heterocycles. The van der Waals surface area contributed by atoms with Crippen molar-refractivity contribution in [1.82, 2.24) is 4.98 Å². The summed E-state index contributed by atoms with van der Waals surface area (Å²) in [5.74, 6) is -0.475. The Morgan fingerprint density at radius 3 is 3.14 bits per heavy atom. The molecule has 2 heterocycles. The molecule has 0 saturated carbocycles. The summed E-state index contributed by atoms with van der Waals surface area (Å²) in [6.45, 7) is 4.88. The van der Waals surface area contributed by atoms with Gasteiger partial charge in [-0.1, -0.05) is 11.3 Å². The van der Waals surface area contributed by atoms with Crippen molar-refractivity contribution in [1.29, 1.82) is 0 Å². The Balaban J connectivity index is 1.78. The van der Waals surface area contributed by atoms with Crippen molar-refractivity contribution in [2.45, 2.75) is 25.7 Å². The Morgan fingerprint density at radius 1 is 1.71 bits per heavy atom. The molecule has 1 fully saturated rings. The van der Waals surface area contributed by atoms with Crippen molar-refractivity contribution >= 4 is 11.3 Å². The molecule has 1 atom stereocenters. The Kier molecular flexibility index (Phi) is 2.71. The van der Waals surface area contributed by atoms with E-state index < -0.39 is 5.79 Å². The van der Waals surface area contributed by atoms with Gasteiger partial charge >= 0.3 is 0 Å². The lowest BCUT2D eigenvalue weighted by Crippen LogP contribution is -2.25. The molecule has 0 unspecified atom stereocenters. The molecule has 0 bridgehead atoms. The maximum Gasteiger partial charge on any atom is 0.273 e. The second kappa shape index (κ2) is 3.84. The van der Waals surface area contributed by atoms with E-state index in [9.17, 15) is 0 Å². The van der Waals surface area contributed by atoms with E-state index in [1.807, 2.05) is 19.2 Å². The zero-order valence-electron chi connectivity index (χ0n) is 8.23. The van der Waals surface area contributed by atoms with Gasteiger partial charge in [-0.3, -0.25) is 0 Å². The smallest absolute Gasteiger partial charge is 0.273 e. The van der Waals surface area contributed by atoms with Crippen LogP contribution in [0.15, 0.2) is 11.6 Å². The molecule has 0 radical (unpaired) electrons. The number of ether oxygens (including phenoxy) is 3. The van der Waals surface area contributed by atoms with Crippen molar-refractivity contribution in [2.24, 2.45) is 0 Å². The number of hydrogen-bond acceptors (Lipinski definition) is 5. The van der Waals surface area contributed by atoms with E-state index in [1.165, 1.54) is 11.3 Å². The van der Waals surface area contributed by atoms with Gasteiger partial charge in [0.25, 0.3) is 5.19 Å². The fourth-order valence-electron chi connectivity index (χ4n) is 1.29. The predicted octanol–water partition coefficient (Wildman–Crippen LogP) is 1.67. The zero-order valence-corrected chi connectivity index (χ0v) is 9.04. The van der Waals surface area contributed by atoms with Crippen molar-refractivity contribution in [3.63, 3.8) is 0 Å². The van der Waals surface area contributed by atoms with Gasteiger partial charge in [0.2, 0.25) is 0 Å². The molecule has 78 valence electrons. The van der Waals surface area contributed by atoms with Crippen molar-refractivity contribution in [2.75, 3.05) is 13.2 Å². The maximum atomic E-state index is 5.58. The van der Waals surface area contributed by atoms with E-state index in [2.05, 4.69) is 4.98 Å². The Bertz CT molecular complexity index is 286. The highest BCUT2D eigenvalue weighted by atomic mass is 32.1. The van der Waals surface area contributed by atoms with Gasteiger partial charge < -0.3 is 14.2 Å². The minimum atomic E-state index is -0.475. The standard InChI is InChI=1S/C9H13NO3S/c1-9(2)12-6-7(13-9)5-11-8-10-3-4-14-8/h3-4,7H,5-6H2,1-2H3/t7-/m1/s1. The number of nitrogens with zero attached hydrogens (tertiary/aromatic N) is 1. The molecule has 0 aromatic carbocycles. The number of aromatic nitrogens is 1. The van der Waals surface area contributed by atoms with E-state index in [4.69, 9.17) is 14.2 Å². The van der Waals surface area contributed by atoms with Crippen LogP contribution in [0.1, 0.15) is 13.8 Å². The molecule has 0 amide bonds. The van der Waals surface area contributed by atoms with Crippen LogP contribution in [-0.4, -0.2) is 30.1 Å². The van der Waals surface area contributed by atoms with E-state index in [0.717, 1.165) is 0 Å². The highest BCUT2D eigenvalue weighted by Gasteiger charge is 2.33. The van der Waals surface area contributed by atoms with Crippen molar-refractivity contribution in [3.05, 3.63) is 11.6 Å². The molecule has 1 aromatic heterocycles. The highest BCUT2D eigenvalue weighted by molar-refractivity contribution is 7.11. The van der Waals surface area contributed by atoms with Crippen LogP contribution in [0.2, 0.25) is 0 Å². The first-order valence-electron chi connectivity index (χ1n) is 4.50. The second-order valence-electron chi connectivity index (χ2n) is 3.56. The molecular weight excluding hydrogens is 202 g/mol. The van der Waals surface area contributed by atoms with Gasteiger partial charge in [0.1, 0.15) is 12.7 Å². The summed E-state index contributed by atoms with van der Waals surface area (Å²) >= 11 is 1.48. The quantitative estimate of drug-likeness (QED) is 0.769. The first-order chi connectivity index (χ1) is 6.66. The summed E-state index contributed by atoms with van der Waals surface area (Å²) in [7, 11) is 0. The van der Waals surface area contributed by atoms with Crippen LogP contribution in [-0.2, 0) is 9.47 Å². The summed E-state index contributed by atoms with van der Waals surface area (Å²) in [6, 6.07) is 0. The van der Waals surface area contributed by atoms with Crippen LogP contribution in [0.4, 0.5) is 0 Å². The lowest BCUT2D eigenvalue weighted by Gasteiger charge is -2.16. The summed E-state index contributed by atoms with van der Waals surface area (Å²) in [5, 5.41) is 2.56. The summed E-state index contributed by atoms with van der Waals surface area (Å²) in [5.41, 5.74) is 0. The first-order valence-corrected chi connectivity index (χ1v) is 5.38. The largest absolute Gasteiger partial charge is 0.467 e. The number of thiazole rings is 1. The average Bonchev–Trinajstić information content (AvgIpc) is 2.70. The lowest BCUT2D eigenvalue weighted by atomic mass is 10.4. The fourth-order valence-corrected chi connectivity index (χ4v) is 1.79. The second-order valence-corrected chi connectivity index (χ2v) is 4.42. The van der Waals surface area contributed by atoms with Crippen LogP contribution in [0.3, 0.4) is 0 Å². The Labute approximate surface area is 86.8 Å². The summed E-state index contributed by atoms with van der Waals surface area (Å²) in [6.07, 6.45) is 1.73. The van der Waals surface area contributed by atoms with Crippen LogP contribution < -0.4 is 4.74 Å². The Morgan fingerprint density at radius 2 is 2.57 bits per heavy atom. The minimum Gasteiger partial charge on any atom is -0.467 e. The van der Waals surface area contributed by atoms with Crippen LogP contribution in [0.25, 0.3) is 0 Å². The third kappa shape index (κ3) is 2.43. The monoisotopic (exact) mass is 215 g/mol. The molecule has 1 aliphatic rings. The first kappa shape index (κ1) is 9.89.